The third-order valence-corrected chi connectivity index (χ3v) is 3.26. The maximum absolute atomic E-state index is 9.37. The van der Waals surface area contributed by atoms with Crippen molar-refractivity contribution in [3.63, 3.8) is 0 Å². The Morgan fingerprint density at radius 3 is 1.43 bits per heavy atom. The molecule has 0 aromatic carbocycles. The van der Waals surface area contributed by atoms with Crippen LogP contribution in [0.2, 0.25) is 0 Å². The summed E-state index contributed by atoms with van der Waals surface area (Å²) in [5.74, 6) is -0.745. The quantitative estimate of drug-likeness (QED) is 0.431. The summed E-state index contributed by atoms with van der Waals surface area (Å²) < 4.78 is 0. The van der Waals surface area contributed by atoms with E-state index < -0.39 is 5.97 Å². The van der Waals surface area contributed by atoms with Crippen LogP contribution in [0, 0.1) is 0 Å². The third kappa shape index (κ3) is 33.3. The van der Waals surface area contributed by atoms with Gasteiger partial charge in [0.1, 0.15) is 0 Å². The number of aliphatic carboxylic acids is 1. The molecule has 4 heteroatoms. The van der Waals surface area contributed by atoms with Gasteiger partial charge in [-0.05, 0) is 27.1 Å². The van der Waals surface area contributed by atoms with E-state index in [0.717, 1.165) is 0 Å². The van der Waals surface area contributed by atoms with Crippen LogP contribution in [0.4, 0.5) is 0 Å². The molecule has 3 nitrogen and oxygen atoms in total. The summed E-state index contributed by atoms with van der Waals surface area (Å²) in [5, 5.41) is 7.72. The predicted octanol–water partition coefficient (Wildman–Crippen LogP) is 4.30. The Kier molecular flexibility index (Phi) is 28.5. The molecule has 0 unspecified atom stereocenters. The second kappa shape index (κ2) is 22.7. The van der Waals surface area contributed by atoms with Crippen LogP contribution in [0.25, 0.3) is 0 Å². The molecule has 0 saturated carbocycles. The van der Waals surface area contributed by atoms with Crippen molar-refractivity contribution in [1.82, 2.24) is 4.90 Å². The number of hydrogen-bond donors (Lipinski definition) is 1. The number of unbranched alkanes of at least 4 members (excludes halogenated alkanes) is 9. The Labute approximate surface area is 155 Å². The number of carbonyl (C=O) groups is 1. The molecule has 0 aromatic heterocycles. The SMILES string of the molecule is CCC(=O)O.CCCCCCCCCCCCN(C)C.[NaH]. The van der Waals surface area contributed by atoms with Crippen LogP contribution in [0.3, 0.4) is 0 Å². The van der Waals surface area contributed by atoms with Gasteiger partial charge in [0.05, 0.1) is 0 Å². The molecule has 0 spiro atoms. The minimum absolute atomic E-state index is 0. The maximum atomic E-state index is 9.37. The van der Waals surface area contributed by atoms with Crippen LogP contribution in [0.1, 0.15) is 84.5 Å². The molecule has 1 N–H and O–H groups in total. The number of nitrogens with zero attached hydrogens (tertiary/aromatic N) is 1. The summed E-state index contributed by atoms with van der Waals surface area (Å²) in [4.78, 5) is 11.7. The molecular weight excluding hydrogens is 273 g/mol. The van der Waals surface area contributed by atoms with Crippen molar-refractivity contribution < 1.29 is 9.90 Å². The molecule has 124 valence electrons. The molecule has 0 aliphatic carbocycles. The summed E-state index contributed by atoms with van der Waals surface area (Å²) in [6.45, 7) is 5.14. The standard InChI is InChI=1S/C14H31N.C3H6O2.Na.H/c1-4-5-6-7-8-9-10-11-12-13-14-15(2)3;1-2-3(4)5;;/h4-14H2,1-3H3;2H2,1H3,(H,4,5);;. The van der Waals surface area contributed by atoms with E-state index in [-0.39, 0.29) is 36.0 Å². The summed E-state index contributed by atoms with van der Waals surface area (Å²) >= 11 is 0. The van der Waals surface area contributed by atoms with Crippen molar-refractivity contribution >= 4 is 35.5 Å². The number of rotatable bonds is 12. The Morgan fingerprint density at radius 1 is 0.810 bits per heavy atom. The van der Waals surface area contributed by atoms with Gasteiger partial charge in [0.15, 0.2) is 0 Å². The summed E-state index contributed by atoms with van der Waals surface area (Å²) in [7, 11) is 4.32. The van der Waals surface area contributed by atoms with Crippen LogP contribution in [0.15, 0.2) is 0 Å². The van der Waals surface area contributed by atoms with Crippen molar-refractivity contribution in [2.24, 2.45) is 0 Å². The second-order valence-electron chi connectivity index (χ2n) is 5.73. The molecule has 0 rings (SSSR count). The van der Waals surface area contributed by atoms with Gasteiger partial charge in [-0.2, -0.15) is 0 Å². The molecule has 0 heterocycles. The number of hydrogen-bond acceptors (Lipinski definition) is 2. The fraction of sp³-hybridized carbons (Fsp3) is 0.941. The third-order valence-electron chi connectivity index (χ3n) is 3.26. The summed E-state index contributed by atoms with van der Waals surface area (Å²) in [5.41, 5.74) is 0. The first-order valence-corrected chi connectivity index (χ1v) is 8.41. The van der Waals surface area contributed by atoms with E-state index in [1.165, 1.54) is 70.8 Å². The van der Waals surface area contributed by atoms with E-state index in [1.54, 1.807) is 6.92 Å². The van der Waals surface area contributed by atoms with Gasteiger partial charge in [0, 0.05) is 6.42 Å². The van der Waals surface area contributed by atoms with Crippen molar-refractivity contribution in [1.29, 1.82) is 0 Å². The molecule has 0 amide bonds. The first kappa shape index (κ1) is 26.3. The number of carboxylic acids is 1. The second-order valence-corrected chi connectivity index (χ2v) is 5.73. The average Bonchev–Trinajstić information content (AvgIpc) is 2.41. The Bertz CT molecular complexity index is 199. The van der Waals surface area contributed by atoms with Crippen LogP contribution in [-0.4, -0.2) is 66.2 Å². The van der Waals surface area contributed by atoms with E-state index in [9.17, 15) is 4.79 Å². The molecule has 0 atom stereocenters. The molecule has 0 fully saturated rings. The normalized spacial score (nSPS) is 9.76. The average molecular weight is 311 g/mol. The molecule has 0 aliphatic rings. The Hall–Kier alpha value is 0.430. The van der Waals surface area contributed by atoms with Crippen LogP contribution >= 0.6 is 0 Å². The van der Waals surface area contributed by atoms with Gasteiger partial charge in [-0.25, -0.2) is 0 Å². The zero-order valence-corrected chi connectivity index (χ0v) is 14.3. The fourth-order valence-corrected chi connectivity index (χ4v) is 1.92. The molecule has 0 radical (unpaired) electrons. The topological polar surface area (TPSA) is 40.5 Å². The molecular formula is C17H38NNaO2. The monoisotopic (exact) mass is 311 g/mol. The molecule has 0 aliphatic heterocycles. The minimum atomic E-state index is -0.745. The molecule has 0 bridgehead atoms. The van der Waals surface area contributed by atoms with Gasteiger partial charge >= 0.3 is 35.5 Å². The van der Waals surface area contributed by atoms with Gasteiger partial charge in [0.25, 0.3) is 0 Å². The van der Waals surface area contributed by atoms with Gasteiger partial charge < -0.3 is 10.0 Å². The van der Waals surface area contributed by atoms with E-state index in [0.29, 0.717) is 0 Å². The summed E-state index contributed by atoms with van der Waals surface area (Å²) in [6, 6.07) is 0. The van der Waals surface area contributed by atoms with Gasteiger partial charge in [-0.1, -0.05) is 71.6 Å². The van der Waals surface area contributed by atoms with E-state index in [1.807, 2.05) is 0 Å². The zero-order valence-electron chi connectivity index (χ0n) is 14.3. The van der Waals surface area contributed by atoms with E-state index in [4.69, 9.17) is 5.11 Å². The summed E-state index contributed by atoms with van der Waals surface area (Å²) in [6.07, 6.45) is 14.6. The first-order valence-electron chi connectivity index (χ1n) is 8.41. The van der Waals surface area contributed by atoms with E-state index >= 15 is 0 Å². The van der Waals surface area contributed by atoms with Gasteiger partial charge in [-0.15, -0.1) is 0 Å². The Balaban J connectivity index is -0.000000465. The fourth-order valence-electron chi connectivity index (χ4n) is 1.92. The van der Waals surface area contributed by atoms with Crippen molar-refractivity contribution in [2.75, 3.05) is 20.6 Å². The van der Waals surface area contributed by atoms with Crippen LogP contribution in [-0.2, 0) is 4.79 Å². The molecule has 0 saturated heterocycles. The van der Waals surface area contributed by atoms with E-state index in [2.05, 4.69) is 25.9 Å². The van der Waals surface area contributed by atoms with Crippen molar-refractivity contribution in [2.45, 2.75) is 84.5 Å². The van der Waals surface area contributed by atoms with Gasteiger partial charge in [0.2, 0.25) is 0 Å². The van der Waals surface area contributed by atoms with Gasteiger partial charge in [-0.3, -0.25) is 4.79 Å². The Morgan fingerprint density at radius 2 is 1.14 bits per heavy atom. The molecule has 21 heavy (non-hydrogen) atoms. The predicted molar refractivity (Wildman–Crippen MR) is 95.5 cm³/mol. The first-order chi connectivity index (χ1) is 9.54. The number of carboxylic acid groups (broad SMARTS) is 1. The van der Waals surface area contributed by atoms with Crippen LogP contribution in [0.5, 0.6) is 0 Å². The van der Waals surface area contributed by atoms with Crippen LogP contribution < -0.4 is 0 Å². The molecule has 0 aromatic rings. The van der Waals surface area contributed by atoms with Crippen molar-refractivity contribution in [3.8, 4) is 0 Å². The zero-order chi connectivity index (χ0) is 15.6. The van der Waals surface area contributed by atoms with Crippen molar-refractivity contribution in [3.05, 3.63) is 0 Å².